The molecule has 1 amide bonds. The van der Waals surface area contributed by atoms with Crippen molar-refractivity contribution >= 4 is 22.9 Å². The number of rotatable bonds is 6. The van der Waals surface area contributed by atoms with E-state index in [2.05, 4.69) is 22.5 Å². The maximum Gasteiger partial charge on any atom is 0.255 e. The molecule has 0 aliphatic carbocycles. The van der Waals surface area contributed by atoms with Crippen LogP contribution in [0.3, 0.4) is 0 Å². The molecule has 0 aliphatic rings. The van der Waals surface area contributed by atoms with Gasteiger partial charge in [0.05, 0.1) is 17.8 Å². The Labute approximate surface area is 116 Å². The first-order valence-electron chi connectivity index (χ1n) is 6.29. The Morgan fingerprint density at radius 3 is 3.05 bits per heavy atom. The Balaban J connectivity index is 2.01. The largest absolute Gasteiger partial charge is 0.384 e. The lowest BCUT2D eigenvalue weighted by atomic mass is 10.2. The molecule has 0 saturated heterocycles. The van der Waals surface area contributed by atoms with Crippen LogP contribution in [-0.2, 0) is 6.54 Å². The topological polar surface area (TPSA) is 54.0 Å². The maximum absolute atomic E-state index is 12.1. The van der Waals surface area contributed by atoms with Crippen LogP contribution in [0.25, 0.3) is 0 Å². The quantitative estimate of drug-likeness (QED) is 0.852. The molecule has 0 aromatic carbocycles. The Morgan fingerprint density at radius 2 is 2.32 bits per heavy atom. The molecule has 2 aromatic rings. The van der Waals surface area contributed by atoms with Crippen molar-refractivity contribution in [2.75, 3.05) is 11.9 Å². The third-order valence-corrected chi connectivity index (χ3v) is 3.51. The molecule has 19 heavy (non-hydrogen) atoms. The van der Waals surface area contributed by atoms with Crippen LogP contribution in [0, 0.1) is 0 Å². The number of hydrogen-bond acceptors (Lipinski definition) is 4. The Morgan fingerprint density at radius 1 is 1.42 bits per heavy atom. The van der Waals surface area contributed by atoms with Crippen LogP contribution in [0.2, 0.25) is 0 Å². The fraction of sp³-hybridized carbons (Fsp3) is 0.286. The highest BCUT2D eigenvalue weighted by atomic mass is 32.1. The summed E-state index contributed by atoms with van der Waals surface area (Å²) in [4.78, 5) is 17.3. The standard InChI is InChI=1S/C14H17N3OS/c1-2-6-16-13-5-7-15-10-12(13)14(18)17-9-11-4-3-8-19-11/h3-5,7-8,10H,2,6,9H2,1H3,(H,15,16)(H,17,18). The van der Waals surface area contributed by atoms with Gasteiger partial charge >= 0.3 is 0 Å². The van der Waals surface area contributed by atoms with E-state index in [1.807, 2.05) is 23.6 Å². The number of carbonyl (C=O) groups excluding carboxylic acids is 1. The maximum atomic E-state index is 12.1. The molecule has 0 spiro atoms. The normalized spacial score (nSPS) is 10.2. The second-order valence-electron chi connectivity index (χ2n) is 4.11. The fourth-order valence-electron chi connectivity index (χ4n) is 1.67. The second-order valence-corrected chi connectivity index (χ2v) is 5.14. The van der Waals surface area contributed by atoms with E-state index in [0.717, 1.165) is 23.5 Å². The van der Waals surface area contributed by atoms with E-state index in [0.29, 0.717) is 12.1 Å². The van der Waals surface area contributed by atoms with Gasteiger partial charge in [-0.05, 0) is 23.9 Å². The van der Waals surface area contributed by atoms with Gasteiger partial charge in [0.15, 0.2) is 0 Å². The molecule has 0 unspecified atom stereocenters. The molecule has 0 atom stereocenters. The monoisotopic (exact) mass is 275 g/mol. The smallest absolute Gasteiger partial charge is 0.255 e. The van der Waals surface area contributed by atoms with Gasteiger partial charge in [-0.25, -0.2) is 0 Å². The van der Waals surface area contributed by atoms with Crippen LogP contribution in [0.5, 0.6) is 0 Å². The number of aromatic nitrogens is 1. The molecule has 0 bridgehead atoms. The molecule has 2 aromatic heterocycles. The molecular formula is C14H17N3OS. The van der Waals surface area contributed by atoms with Crippen molar-refractivity contribution < 1.29 is 4.79 Å². The summed E-state index contributed by atoms with van der Waals surface area (Å²) >= 11 is 1.63. The highest BCUT2D eigenvalue weighted by Gasteiger charge is 2.10. The van der Waals surface area contributed by atoms with E-state index < -0.39 is 0 Å². The van der Waals surface area contributed by atoms with Crippen LogP contribution < -0.4 is 10.6 Å². The van der Waals surface area contributed by atoms with Gasteiger partial charge in [-0.15, -0.1) is 11.3 Å². The number of pyridine rings is 1. The summed E-state index contributed by atoms with van der Waals surface area (Å²) in [6.45, 7) is 3.48. The van der Waals surface area contributed by atoms with E-state index in [1.165, 1.54) is 0 Å². The lowest BCUT2D eigenvalue weighted by molar-refractivity contribution is 0.0951. The molecule has 4 nitrogen and oxygen atoms in total. The van der Waals surface area contributed by atoms with E-state index in [9.17, 15) is 4.79 Å². The highest BCUT2D eigenvalue weighted by Crippen LogP contribution is 2.14. The molecule has 0 saturated carbocycles. The van der Waals surface area contributed by atoms with Gasteiger partial charge in [0.2, 0.25) is 0 Å². The highest BCUT2D eigenvalue weighted by molar-refractivity contribution is 7.09. The van der Waals surface area contributed by atoms with Crippen molar-refractivity contribution in [2.45, 2.75) is 19.9 Å². The molecule has 0 fully saturated rings. The number of amides is 1. The summed E-state index contributed by atoms with van der Waals surface area (Å²) in [7, 11) is 0. The van der Waals surface area contributed by atoms with Gasteiger partial charge in [0.1, 0.15) is 0 Å². The summed E-state index contributed by atoms with van der Waals surface area (Å²) in [6, 6.07) is 5.81. The molecular weight excluding hydrogens is 258 g/mol. The number of nitrogens with one attached hydrogen (secondary N) is 2. The van der Waals surface area contributed by atoms with Crippen LogP contribution >= 0.6 is 11.3 Å². The van der Waals surface area contributed by atoms with Crippen LogP contribution in [0.15, 0.2) is 36.0 Å². The zero-order valence-electron chi connectivity index (χ0n) is 10.8. The Kier molecular flexibility index (Phi) is 4.92. The van der Waals surface area contributed by atoms with E-state index in [-0.39, 0.29) is 5.91 Å². The van der Waals surface area contributed by atoms with Gasteiger partial charge in [0.25, 0.3) is 5.91 Å². The minimum atomic E-state index is -0.0971. The minimum Gasteiger partial charge on any atom is -0.384 e. The second kappa shape index (κ2) is 6.89. The van der Waals surface area contributed by atoms with Crippen molar-refractivity contribution in [1.82, 2.24) is 10.3 Å². The van der Waals surface area contributed by atoms with E-state index in [4.69, 9.17) is 0 Å². The number of hydrogen-bond donors (Lipinski definition) is 2. The molecule has 2 rings (SSSR count). The summed E-state index contributed by atoms with van der Waals surface area (Å²) in [6.07, 6.45) is 4.30. The van der Waals surface area contributed by atoms with Crippen molar-refractivity contribution in [2.24, 2.45) is 0 Å². The predicted molar refractivity (Wildman–Crippen MR) is 78.5 cm³/mol. The van der Waals surface area contributed by atoms with Crippen molar-refractivity contribution in [3.8, 4) is 0 Å². The van der Waals surface area contributed by atoms with E-state index >= 15 is 0 Å². The number of carbonyl (C=O) groups is 1. The first-order valence-corrected chi connectivity index (χ1v) is 7.17. The summed E-state index contributed by atoms with van der Waals surface area (Å²) in [5.41, 5.74) is 1.42. The fourth-order valence-corrected chi connectivity index (χ4v) is 2.31. The summed E-state index contributed by atoms with van der Waals surface area (Å²) < 4.78 is 0. The van der Waals surface area contributed by atoms with Crippen molar-refractivity contribution in [3.05, 3.63) is 46.4 Å². The number of anilines is 1. The van der Waals surface area contributed by atoms with Gasteiger partial charge in [-0.2, -0.15) is 0 Å². The predicted octanol–water partition coefficient (Wildman–Crippen LogP) is 2.90. The first kappa shape index (κ1) is 13.5. The number of nitrogens with zero attached hydrogens (tertiary/aromatic N) is 1. The molecule has 2 heterocycles. The van der Waals surface area contributed by atoms with Gasteiger partial charge in [0, 0.05) is 23.8 Å². The van der Waals surface area contributed by atoms with Gasteiger partial charge in [-0.3, -0.25) is 9.78 Å². The van der Waals surface area contributed by atoms with Crippen LogP contribution in [-0.4, -0.2) is 17.4 Å². The molecule has 0 aliphatic heterocycles. The third-order valence-electron chi connectivity index (χ3n) is 2.63. The SMILES string of the molecule is CCCNc1ccncc1C(=O)NCc1cccs1. The lowest BCUT2D eigenvalue weighted by Crippen LogP contribution is -2.23. The lowest BCUT2D eigenvalue weighted by Gasteiger charge is -2.10. The molecule has 2 N–H and O–H groups in total. The molecule has 5 heteroatoms. The number of thiophene rings is 1. The summed E-state index contributed by atoms with van der Waals surface area (Å²) in [5.74, 6) is -0.0971. The van der Waals surface area contributed by atoms with E-state index in [1.54, 1.807) is 23.7 Å². The zero-order valence-corrected chi connectivity index (χ0v) is 11.7. The third kappa shape index (κ3) is 3.79. The molecule has 0 radical (unpaired) electrons. The average Bonchev–Trinajstić information content (AvgIpc) is 2.96. The average molecular weight is 275 g/mol. The first-order chi connectivity index (χ1) is 9.31. The molecule has 100 valence electrons. The van der Waals surface area contributed by atoms with Gasteiger partial charge < -0.3 is 10.6 Å². The van der Waals surface area contributed by atoms with Crippen molar-refractivity contribution in [1.29, 1.82) is 0 Å². The summed E-state index contributed by atoms with van der Waals surface area (Å²) in [5, 5.41) is 8.15. The Bertz CT molecular complexity index is 525. The van der Waals surface area contributed by atoms with Crippen LogP contribution in [0.1, 0.15) is 28.6 Å². The van der Waals surface area contributed by atoms with Gasteiger partial charge in [-0.1, -0.05) is 13.0 Å². The van der Waals surface area contributed by atoms with Crippen molar-refractivity contribution in [3.63, 3.8) is 0 Å². The minimum absolute atomic E-state index is 0.0971. The zero-order chi connectivity index (χ0) is 13.5. The Hall–Kier alpha value is -1.88. The van der Waals surface area contributed by atoms with Crippen LogP contribution in [0.4, 0.5) is 5.69 Å².